The summed E-state index contributed by atoms with van der Waals surface area (Å²) in [7, 11) is 0. The van der Waals surface area contributed by atoms with Crippen LogP contribution >= 0.6 is 0 Å². The third-order valence-corrected chi connectivity index (χ3v) is 5.08. The quantitative estimate of drug-likeness (QED) is 0.394. The number of imidazole rings is 1. The fourth-order valence-corrected chi connectivity index (χ4v) is 3.52. The van der Waals surface area contributed by atoms with Gasteiger partial charge in [-0.3, -0.25) is 14.9 Å². The molecule has 7 heteroatoms. The van der Waals surface area contributed by atoms with E-state index in [4.69, 9.17) is 4.98 Å². The Kier molecular flexibility index (Phi) is 4.98. The largest absolute Gasteiger partial charge is 0.340 e. The Labute approximate surface area is 178 Å². The van der Waals surface area contributed by atoms with Crippen LogP contribution in [-0.4, -0.2) is 31.1 Å². The molecule has 5 rings (SSSR count). The molecule has 0 saturated carbocycles. The van der Waals surface area contributed by atoms with Gasteiger partial charge in [-0.25, -0.2) is 4.98 Å². The lowest BCUT2D eigenvalue weighted by Gasteiger charge is -2.16. The zero-order valence-corrected chi connectivity index (χ0v) is 16.6. The van der Waals surface area contributed by atoms with Gasteiger partial charge in [-0.15, -0.1) is 0 Å². The number of carbonyl (C=O) groups excluding carboxylic acids is 1. The van der Waals surface area contributed by atoms with Gasteiger partial charge in [-0.2, -0.15) is 5.10 Å². The number of pyridine rings is 1. The fourth-order valence-electron chi connectivity index (χ4n) is 3.52. The summed E-state index contributed by atoms with van der Waals surface area (Å²) in [6.07, 6.45) is 2.30. The molecule has 0 spiro atoms. The van der Waals surface area contributed by atoms with Gasteiger partial charge in [0.05, 0.1) is 22.8 Å². The number of hydrogen-bond acceptors (Lipinski definition) is 4. The lowest BCUT2D eigenvalue weighted by Crippen LogP contribution is -2.31. The van der Waals surface area contributed by atoms with Crippen LogP contribution in [0.1, 0.15) is 27.9 Å². The zero-order valence-electron chi connectivity index (χ0n) is 16.6. The highest BCUT2D eigenvalue weighted by Gasteiger charge is 2.21. The van der Waals surface area contributed by atoms with Crippen molar-refractivity contribution >= 4 is 16.9 Å². The summed E-state index contributed by atoms with van der Waals surface area (Å²) >= 11 is 0. The van der Waals surface area contributed by atoms with Gasteiger partial charge in [0.25, 0.3) is 5.91 Å². The van der Waals surface area contributed by atoms with Crippen LogP contribution in [-0.2, 0) is 6.42 Å². The smallest absolute Gasteiger partial charge is 0.269 e. The predicted molar refractivity (Wildman–Crippen MR) is 118 cm³/mol. The van der Waals surface area contributed by atoms with E-state index in [-0.39, 0.29) is 11.9 Å². The summed E-state index contributed by atoms with van der Waals surface area (Å²) < 4.78 is 0. The highest BCUT2D eigenvalue weighted by atomic mass is 16.2. The zero-order chi connectivity index (χ0) is 21.0. The van der Waals surface area contributed by atoms with Crippen molar-refractivity contribution in [3.8, 4) is 11.4 Å². The molecule has 7 nitrogen and oxygen atoms in total. The van der Waals surface area contributed by atoms with Crippen molar-refractivity contribution in [2.75, 3.05) is 0 Å². The number of para-hydroxylation sites is 2. The summed E-state index contributed by atoms with van der Waals surface area (Å²) in [5, 5.41) is 10.2. The van der Waals surface area contributed by atoms with Crippen molar-refractivity contribution in [3.05, 3.63) is 102 Å². The molecule has 0 aliphatic rings. The first-order valence-electron chi connectivity index (χ1n) is 10.0. The van der Waals surface area contributed by atoms with Crippen molar-refractivity contribution in [2.24, 2.45) is 0 Å². The maximum Gasteiger partial charge on any atom is 0.269 e. The van der Waals surface area contributed by atoms with E-state index in [1.165, 1.54) is 0 Å². The third kappa shape index (κ3) is 4.06. The molecule has 1 atom stereocenters. The second kappa shape index (κ2) is 8.23. The molecule has 0 bridgehead atoms. The molecule has 0 fully saturated rings. The minimum Gasteiger partial charge on any atom is -0.340 e. The first-order valence-corrected chi connectivity index (χ1v) is 10.0. The molecule has 0 saturated heterocycles. The number of aromatic nitrogens is 5. The van der Waals surface area contributed by atoms with Crippen LogP contribution < -0.4 is 5.32 Å². The first-order chi connectivity index (χ1) is 15.3. The van der Waals surface area contributed by atoms with Gasteiger partial charge >= 0.3 is 0 Å². The monoisotopic (exact) mass is 408 g/mol. The van der Waals surface area contributed by atoms with E-state index in [2.05, 4.69) is 25.5 Å². The Hall–Kier alpha value is -4.26. The average Bonchev–Trinajstić information content (AvgIpc) is 3.48. The average molecular weight is 408 g/mol. The molecule has 5 aromatic rings. The second-order valence-electron chi connectivity index (χ2n) is 7.24. The Bertz CT molecular complexity index is 1280. The van der Waals surface area contributed by atoms with E-state index in [1.807, 2.05) is 72.8 Å². The predicted octanol–water partition coefficient (Wildman–Crippen LogP) is 4.06. The van der Waals surface area contributed by atoms with E-state index in [9.17, 15) is 4.79 Å². The molecular formula is C24H20N6O. The van der Waals surface area contributed by atoms with E-state index < -0.39 is 0 Å². The molecule has 0 unspecified atom stereocenters. The molecule has 0 aliphatic heterocycles. The number of hydrogen-bond donors (Lipinski definition) is 3. The lowest BCUT2D eigenvalue weighted by atomic mass is 10.1. The maximum atomic E-state index is 13.0. The first kappa shape index (κ1) is 18.7. The highest BCUT2D eigenvalue weighted by Crippen LogP contribution is 2.21. The van der Waals surface area contributed by atoms with Gasteiger partial charge in [-0.1, -0.05) is 48.5 Å². The fraction of sp³-hybridized carbons (Fsp3) is 0.0833. The molecule has 0 radical (unpaired) electrons. The minimum absolute atomic E-state index is 0.254. The van der Waals surface area contributed by atoms with Crippen LogP contribution in [0.3, 0.4) is 0 Å². The number of H-pyrrole nitrogens is 2. The number of amides is 1. The molecule has 152 valence electrons. The standard InChI is InChI=1S/C24H20N6O/c31-24(22-15-20(29-30-22)17-10-6-7-13-25-17)28-21(14-16-8-2-1-3-9-16)23-26-18-11-4-5-12-19(18)27-23/h1-13,15,21H,14H2,(H,26,27)(H,28,31)(H,29,30)/t21-/m1/s1. The van der Waals surface area contributed by atoms with Gasteiger partial charge in [-0.05, 0) is 42.3 Å². The highest BCUT2D eigenvalue weighted by molar-refractivity contribution is 5.93. The normalized spacial score (nSPS) is 12.0. The van der Waals surface area contributed by atoms with Crippen molar-refractivity contribution in [2.45, 2.75) is 12.5 Å². The summed E-state index contributed by atoms with van der Waals surface area (Å²) in [4.78, 5) is 25.4. The molecule has 0 aliphatic carbocycles. The molecular weight excluding hydrogens is 388 g/mol. The van der Waals surface area contributed by atoms with Crippen LogP contribution in [0.2, 0.25) is 0 Å². The topological polar surface area (TPSA) is 99.3 Å². The van der Waals surface area contributed by atoms with Crippen molar-refractivity contribution < 1.29 is 4.79 Å². The van der Waals surface area contributed by atoms with Crippen molar-refractivity contribution in [1.82, 2.24) is 30.5 Å². The number of benzene rings is 2. The number of nitrogens with zero attached hydrogens (tertiary/aromatic N) is 3. The molecule has 1 amide bonds. The van der Waals surface area contributed by atoms with Gasteiger partial charge in [0, 0.05) is 6.20 Å². The van der Waals surface area contributed by atoms with Gasteiger partial charge in [0.15, 0.2) is 0 Å². The number of aromatic amines is 2. The Morgan fingerprint density at radius 2 is 1.74 bits per heavy atom. The number of rotatable bonds is 6. The van der Waals surface area contributed by atoms with Crippen molar-refractivity contribution in [3.63, 3.8) is 0 Å². The van der Waals surface area contributed by atoms with E-state index in [0.717, 1.165) is 16.6 Å². The van der Waals surface area contributed by atoms with Crippen LogP contribution in [0.5, 0.6) is 0 Å². The summed E-state index contributed by atoms with van der Waals surface area (Å²) in [6.45, 7) is 0. The SMILES string of the molecule is O=C(N[C@H](Cc1ccccc1)c1nc2ccccc2[nH]1)c1cc(-c2ccccn2)n[nH]1. The summed E-state index contributed by atoms with van der Waals surface area (Å²) in [5.41, 5.74) is 4.60. The molecule has 3 heterocycles. The second-order valence-corrected chi connectivity index (χ2v) is 7.24. The van der Waals surface area contributed by atoms with Crippen LogP contribution in [0, 0.1) is 0 Å². The Morgan fingerprint density at radius 1 is 0.935 bits per heavy atom. The van der Waals surface area contributed by atoms with E-state index >= 15 is 0 Å². The third-order valence-electron chi connectivity index (χ3n) is 5.08. The van der Waals surface area contributed by atoms with Gasteiger partial charge in [0.2, 0.25) is 0 Å². The summed E-state index contributed by atoms with van der Waals surface area (Å²) in [5.74, 6) is 0.457. The maximum absolute atomic E-state index is 13.0. The lowest BCUT2D eigenvalue weighted by molar-refractivity contribution is 0.0930. The number of carbonyl (C=O) groups is 1. The van der Waals surface area contributed by atoms with Crippen LogP contribution in [0.4, 0.5) is 0 Å². The molecule has 3 aromatic heterocycles. The number of fused-ring (bicyclic) bond motifs is 1. The van der Waals surface area contributed by atoms with Crippen LogP contribution in [0.15, 0.2) is 85.1 Å². The van der Waals surface area contributed by atoms with E-state index in [0.29, 0.717) is 29.3 Å². The van der Waals surface area contributed by atoms with Gasteiger partial charge in [0.1, 0.15) is 17.2 Å². The number of nitrogens with one attached hydrogen (secondary N) is 3. The summed E-state index contributed by atoms with van der Waals surface area (Å²) in [6, 6.07) is 24.8. The van der Waals surface area contributed by atoms with Crippen LogP contribution in [0.25, 0.3) is 22.4 Å². The van der Waals surface area contributed by atoms with Gasteiger partial charge < -0.3 is 10.3 Å². The molecule has 31 heavy (non-hydrogen) atoms. The Balaban J connectivity index is 1.42. The van der Waals surface area contributed by atoms with Crippen molar-refractivity contribution in [1.29, 1.82) is 0 Å². The molecule has 3 N–H and O–H groups in total. The minimum atomic E-state index is -0.330. The molecule has 2 aromatic carbocycles. The van der Waals surface area contributed by atoms with E-state index in [1.54, 1.807) is 12.3 Å². The Morgan fingerprint density at radius 3 is 2.55 bits per heavy atom.